The Balaban J connectivity index is 2.31. The fraction of sp³-hybridized carbons (Fsp3) is 0.0833. The van der Waals surface area contributed by atoms with E-state index in [1.54, 1.807) is 0 Å². The number of carbonyl (C=O) groups is 1. The number of carbonyl (C=O) groups excluding carboxylic acids is 1. The highest BCUT2D eigenvalue weighted by Gasteiger charge is 2.17. The van der Waals surface area contributed by atoms with Gasteiger partial charge in [0.1, 0.15) is 13.0 Å². The first-order chi connectivity index (χ1) is 9.63. The molecule has 0 bridgehead atoms. The number of aldehydes is 1. The Kier molecular flexibility index (Phi) is 2.94. The molecule has 102 valence electrons. The molecule has 0 N–H and O–H groups in total. The van der Waals surface area contributed by atoms with Crippen LogP contribution in [-0.2, 0) is 6.67 Å². The maximum absolute atomic E-state index is 13.7. The number of halogens is 2. The summed E-state index contributed by atoms with van der Waals surface area (Å²) in [4.78, 5) is 22.3. The molecule has 2 heterocycles. The molecule has 0 unspecified atom stereocenters. The van der Waals surface area contributed by atoms with E-state index in [9.17, 15) is 18.4 Å². The van der Waals surface area contributed by atoms with Crippen molar-refractivity contribution in [3.63, 3.8) is 0 Å². The molecule has 8 heteroatoms. The average molecular weight is 296 g/mol. The maximum Gasteiger partial charge on any atom is 0.313 e. The normalized spacial score (nSPS) is 11.1. The zero-order chi connectivity index (χ0) is 14.3. The number of hydrogen-bond acceptors (Lipinski definition) is 5. The van der Waals surface area contributed by atoms with E-state index in [1.807, 2.05) is 0 Å². The van der Waals surface area contributed by atoms with Crippen LogP contribution in [0.1, 0.15) is 15.2 Å². The lowest BCUT2D eigenvalue weighted by Crippen LogP contribution is -2.09. The summed E-state index contributed by atoms with van der Waals surface area (Å²) >= 11 is 0.723. The third-order valence-electron chi connectivity index (χ3n) is 2.71. The Morgan fingerprint density at radius 1 is 1.45 bits per heavy atom. The molecule has 0 atom stereocenters. The van der Waals surface area contributed by atoms with Crippen molar-refractivity contribution in [2.45, 2.75) is 6.67 Å². The van der Waals surface area contributed by atoms with E-state index in [4.69, 9.17) is 4.52 Å². The van der Waals surface area contributed by atoms with Crippen LogP contribution in [0.25, 0.3) is 16.8 Å². The first-order valence-electron chi connectivity index (χ1n) is 5.46. The number of hydrogen-bond donors (Lipinski definition) is 0. The lowest BCUT2D eigenvalue weighted by atomic mass is 10.1. The number of alkyl halides is 1. The van der Waals surface area contributed by atoms with E-state index in [2.05, 4.69) is 5.16 Å². The molecule has 0 amide bonds. The number of thiazole rings is 1. The van der Waals surface area contributed by atoms with E-state index in [-0.39, 0.29) is 27.2 Å². The molecule has 20 heavy (non-hydrogen) atoms. The van der Waals surface area contributed by atoms with Gasteiger partial charge in [-0.1, -0.05) is 16.5 Å². The summed E-state index contributed by atoms with van der Waals surface area (Å²) < 4.78 is 32.2. The molecule has 0 spiro atoms. The van der Waals surface area contributed by atoms with Crippen molar-refractivity contribution in [1.29, 1.82) is 0 Å². The minimum absolute atomic E-state index is 0.0311. The van der Waals surface area contributed by atoms with Crippen molar-refractivity contribution in [3.8, 4) is 5.82 Å². The minimum Gasteiger partial charge on any atom is -0.351 e. The van der Waals surface area contributed by atoms with Gasteiger partial charge in [0.2, 0.25) is 5.58 Å². The molecule has 3 rings (SSSR count). The fourth-order valence-electron chi connectivity index (χ4n) is 1.85. The standard InChI is InChI=1S/C12H6F2N2O3S/c13-3-7-4-16(12(18)20-7)11-8-1-6(5-17)2-9(14)10(8)19-15-11/h1-2,4-5H,3H2. The first kappa shape index (κ1) is 12.7. The largest absolute Gasteiger partial charge is 0.351 e. The molecule has 0 saturated heterocycles. The summed E-state index contributed by atoms with van der Waals surface area (Å²) in [7, 11) is 0. The summed E-state index contributed by atoms with van der Waals surface area (Å²) in [6, 6.07) is 2.37. The molecule has 1 aromatic carbocycles. The lowest BCUT2D eigenvalue weighted by molar-refractivity contribution is 0.112. The van der Waals surface area contributed by atoms with Gasteiger partial charge in [0.25, 0.3) is 0 Å². The number of benzene rings is 1. The molecule has 3 aromatic rings. The van der Waals surface area contributed by atoms with Crippen molar-refractivity contribution in [2.75, 3.05) is 0 Å². The zero-order valence-corrected chi connectivity index (χ0v) is 10.6. The smallest absolute Gasteiger partial charge is 0.313 e. The predicted octanol–water partition coefficient (Wildman–Crippen LogP) is 2.46. The monoisotopic (exact) mass is 296 g/mol. The van der Waals surface area contributed by atoms with Gasteiger partial charge in [-0.25, -0.2) is 8.78 Å². The van der Waals surface area contributed by atoms with Crippen LogP contribution in [0.5, 0.6) is 0 Å². The van der Waals surface area contributed by atoms with Gasteiger partial charge in [-0.15, -0.1) is 0 Å². The SMILES string of the molecule is O=Cc1cc(F)c2onc(-n3cc(CF)sc3=O)c2c1. The summed E-state index contributed by atoms with van der Waals surface area (Å²) in [5.41, 5.74) is -0.0704. The Bertz CT molecular complexity index is 865. The van der Waals surface area contributed by atoms with Crippen LogP contribution < -0.4 is 4.87 Å². The van der Waals surface area contributed by atoms with Gasteiger partial charge < -0.3 is 4.52 Å². The Hall–Kier alpha value is -2.35. The van der Waals surface area contributed by atoms with Gasteiger partial charge in [-0.05, 0) is 12.1 Å². The summed E-state index contributed by atoms with van der Waals surface area (Å²) in [5.74, 6) is -0.721. The van der Waals surface area contributed by atoms with Crippen LogP contribution in [0, 0.1) is 5.82 Å². The maximum atomic E-state index is 13.7. The summed E-state index contributed by atoms with van der Waals surface area (Å²) in [6.07, 6.45) is 1.75. The highest BCUT2D eigenvalue weighted by Crippen LogP contribution is 2.25. The van der Waals surface area contributed by atoms with Crippen molar-refractivity contribution in [1.82, 2.24) is 9.72 Å². The second kappa shape index (κ2) is 4.64. The van der Waals surface area contributed by atoms with Crippen LogP contribution in [-0.4, -0.2) is 16.0 Å². The fourth-order valence-corrected chi connectivity index (χ4v) is 2.52. The van der Waals surface area contributed by atoms with Crippen molar-refractivity contribution < 1.29 is 18.1 Å². The van der Waals surface area contributed by atoms with Crippen LogP contribution in [0.3, 0.4) is 0 Å². The Morgan fingerprint density at radius 3 is 2.90 bits per heavy atom. The van der Waals surface area contributed by atoms with Gasteiger partial charge >= 0.3 is 4.87 Å². The molecule has 0 aliphatic rings. The van der Waals surface area contributed by atoms with Crippen LogP contribution in [0.4, 0.5) is 8.78 Å². The molecule has 5 nitrogen and oxygen atoms in total. The molecular formula is C12H6F2N2O3S. The minimum atomic E-state index is -0.781. The van der Waals surface area contributed by atoms with E-state index in [0.717, 1.165) is 22.0 Å². The zero-order valence-electron chi connectivity index (χ0n) is 9.80. The lowest BCUT2D eigenvalue weighted by Gasteiger charge is -1.96. The first-order valence-corrected chi connectivity index (χ1v) is 6.27. The Morgan fingerprint density at radius 2 is 2.25 bits per heavy atom. The van der Waals surface area contributed by atoms with Gasteiger partial charge in [0.15, 0.2) is 11.6 Å². The molecule has 2 aromatic heterocycles. The van der Waals surface area contributed by atoms with Crippen molar-refractivity contribution >= 4 is 28.6 Å². The van der Waals surface area contributed by atoms with Crippen molar-refractivity contribution in [2.24, 2.45) is 0 Å². The molecule has 0 radical (unpaired) electrons. The molecule has 0 aliphatic carbocycles. The van der Waals surface area contributed by atoms with E-state index in [0.29, 0.717) is 6.29 Å². The summed E-state index contributed by atoms with van der Waals surface area (Å²) in [5, 5.41) is 3.80. The van der Waals surface area contributed by atoms with E-state index in [1.165, 1.54) is 12.3 Å². The average Bonchev–Trinajstić information content (AvgIpc) is 3.01. The van der Waals surface area contributed by atoms with Gasteiger partial charge in [0, 0.05) is 11.8 Å². The van der Waals surface area contributed by atoms with Crippen molar-refractivity contribution in [3.05, 3.63) is 44.3 Å². The Labute approximate surface area is 114 Å². The van der Waals surface area contributed by atoms with E-state index < -0.39 is 17.4 Å². The van der Waals surface area contributed by atoms with E-state index >= 15 is 0 Å². The van der Waals surface area contributed by atoms with Crippen LogP contribution in [0.2, 0.25) is 0 Å². The highest BCUT2D eigenvalue weighted by molar-refractivity contribution is 7.09. The van der Waals surface area contributed by atoms with Crippen LogP contribution >= 0.6 is 11.3 Å². The molecule has 0 aliphatic heterocycles. The second-order valence-corrected chi connectivity index (χ2v) is 5.05. The predicted molar refractivity (Wildman–Crippen MR) is 67.6 cm³/mol. The topological polar surface area (TPSA) is 65.1 Å². The number of aromatic nitrogens is 2. The van der Waals surface area contributed by atoms with Gasteiger partial charge in [0.05, 0.1) is 10.3 Å². The quantitative estimate of drug-likeness (QED) is 0.696. The third-order valence-corrected chi connectivity index (χ3v) is 3.56. The highest BCUT2D eigenvalue weighted by atomic mass is 32.1. The van der Waals surface area contributed by atoms with Crippen LogP contribution in [0.15, 0.2) is 27.6 Å². The van der Waals surface area contributed by atoms with Gasteiger partial charge in [-0.3, -0.25) is 14.2 Å². The van der Waals surface area contributed by atoms with Gasteiger partial charge in [-0.2, -0.15) is 0 Å². The second-order valence-electron chi connectivity index (χ2n) is 3.97. The number of nitrogens with zero attached hydrogens (tertiary/aromatic N) is 2. The third kappa shape index (κ3) is 1.85. The number of rotatable bonds is 3. The molecule has 0 saturated carbocycles. The number of fused-ring (bicyclic) bond motifs is 1. The molecular weight excluding hydrogens is 290 g/mol. The summed E-state index contributed by atoms with van der Waals surface area (Å²) in [6.45, 7) is -0.781. The molecule has 0 fully saturated rings.